The van der Waals surface area contributed by atoms with Crippen molar-refractivity contribution in [3.05, 3.63) is 53.4 Å². The molecule has 1 unspecified atom stereocenters. The number of benzene rings is 1. The van der Waals surface area contributed by atoms with Crippen LogP contribution in [0.25, 0.3) is 0 Å². The summed E-state index contributed by atoms with van der Waals surface area (Å²) in [5.74, 6) is -2.19. The molecule has 1 fully saturated rings. The van der Waals surface area contributed by atoms with Crippen molar-refractivity contribution >= 4 is 17.6 Å². The molecule has 2 aliphatic rings. The van der Waals surface area contributed by atoms with Crippen molar-refractivity contribution < 1.29 is 27.8 Å². The number of aromatic nitrogens is 1. The summed E-state index contributed by atoms with van der Waals surface area (Å²) in [5, 5.41) is 2.53. The highest BCUT2D eigenvalue weighted by atomic mass is 19.1. The maximum atomic E-state index is 14.7. The Morgan fingerprint density at radius 3 is 2.90 bits per heavy atom. The molecular formula is C19H18F2N4O4. The van der Waals surface area contributed by atoms with Crippen LogP contribution in [0.15, 0.2) is 35.5 Å². The lowest BCUT2D eigenvalue weighted by molar-refractivity contribution is 0.101. The molecule has 3 heterocycles. The number of ether oxygens (including phenoxy) is 3. The molecule has 0 bridgehead atoms. The Balaban J connectivity index is 1.66. The van der Waals surface area contributed by atoms with E-state index >= 15 is 0 Å². The van der Waals surface area contributed by atoms with Gasteiger partial charge in [0.05, 0.1) is 33.1 Å². The molecule has 0 aliphatic carbocycles. The summed E-state index contributed by atoms with van der Waals surface area (Å²) in [6, 6.07) is 5.01. The van der Waals surface area contributed by atoms with Crippen LogP contribution in [-0.4, -0.2) is 43.8 Å². The number of hydrogen-bond donors (Lipinski definition) is 2. The minimum Gasteiger partial charge on any atom is -0.495 e. The van der Waals surface area contributed by atoms with E-state index in [0.717, 1.165) is 6.07 Å². The average molecular weight is 404 g/mol. The fourth-order valence-electron chi connectivity index (χ4n) is 3.52. The normalized spacial score (nSPS) is 23.0. The molecule has 2 aliphatic heterocycles. The van der Waals surface area contributed by atoms with Crippen molar-refractivity contribution in [2.75, 3.05) is 32.2 Å². The van der Waals surface area contributed by atoms with E-state index in [4.69, 9.17) is 19.9 Å². The molecule has 10 heteroatoms. The molecule has 8 nitrogen and oxygen atoms in total. The van der Waals surface area contributed by atoms with Gasteiger partial charge in [-0.15, -0.1) is 0 Å². The van der Waals surface area contributed by atoms with Gasteiger partial charge in [-0.1, -0.05) is 0 Å². The number of nitrogens with zero attached hydrogens (tertiary/aromatic N) is 2. The number of pyridine rings is 1. The zero-order valence-electron chi connectivity index (χ0n) is 15.4. The summed E-state index contributed by atoms with van der Waals surface area (Å²) in [4.78, 5) is 20.5. The lowest BCUT2D eigenvalue weighted by atomic mass is 9.80. The van der Waals surface area contributed by atoms with E-state index in [1.165, 1.54) is 31.5 Å². The molecule has 2 aromatic rings. The number of rotatable bonds is 4. The predicted octanol–water partition coefficient (Wildman–Crippen LogP) is 1.81. The lowest BCUT2D eigenvalue weighted by Gasteiger charge is -2.34. The Morgan fingerprint density at radius 2 is 2.14 bits per heavy atom. The molecule has 29 heavy (non-hydrogen) atoms. The van der Waals surface area contributed by atoms with Crippen molar-refractivity contribution in [1.82, 2.24) is 4.98 Å². The van der Waals surface area contributed by atoms with Gasteiger partial charge in [-0.2, -0.15) is 0 Å². The number of amides is 1. The highest BCUT2D eigenvalue weighted by Crippen LogP contribution is 2.43. The van der Waals surface area contributed by atoms with Gasteiger partial charge in [0.25, 0.3) is 11.9 Å². The molecule has 1 amide bonds. The smallest absolute Gasteiger partial charge is 0.282 e. The molecule has 4 rings (SSSR count). The Hall–Kier alpha value is -3.27. The monoisotopic (exact) mass is 404 g/mol. The maximum absolute atomic E-state index is 14.7. The summed E-state index contributed by atoms with van der Waals surface area (Å²) in [7, 11) is 1.36. The third-order valence-electron chi connectivity index (χ3n) is 5.02. The van der Waals surface area contributed by atoms with E-state index in [0.29, 0.717) is 6.61 Å². The van der Waals surface area contributed by atoms with Crippen molar-refractivity contribution in [2.45, 2.75) is 5.54 Å². The number of nitrogens with two attached hydrogens (primary N) is 1. The number of fused-ring (bicyclic) bond motifs is 1. The quantitative estimate of drug-likeness (QED) is 0.805. The molecule has 0 saturated carbocycles. The van der Waals surface area contributed by atoms with Crippen LogP contribution in [0.5, 0.6) is 5.75 Å². The number of methoxy groups -OCH3 is 1. The highest BCUT2D eigenvalue weighted by molar-refractivity contribution is 6.03. The fraction of sp³-hybridized carbons (Fsp3) is 0.316. The minimum atomic E-state index is -1.04. The number of carbonyl (C=O) groups excluding carboxylic acids is 1. The molecule has 0 radical (unpaired) electrons. The molecule has 3 N–H and O–H groups in total. The standard InChI is InChI=1S/C19H18F2N4O4/c1-27-12-5-15(21)16(23-6-12)17(26)24-11-2-3-14(20)13(4-11)19-9-28-7-10(19)8-29-18(22)25-19/h2-6,10H,7-9H2,1H3,(H2,22,25)(H,24,26)/t10?,19-/m0/s1. The van der Waals surface area contributed by atoms with Gasteiger partial charge in [-0.25, -0.2) is 18.8 Å². The van der Waals surface area contributed by atoms with Crippen molar-refractivity contribution in [2.24, 2.45) is 16.6 Å². The van der Waals surface area contributed by atoms with Gasteiger partial charge >= 0.3 is 0 Å². The number of carbonyl (C=O) groups is 1. The minimum absolute atomic E-state index is 0.0508. The van der Waals surface area contributed by atoms with Gasteiger partial charge < -0.3 is 25.3 Å². The molecule has 2 atom stereocenters. The van der Waals surface area contributed by atoms with Crippen LogP contribution >= 0.6 is 0 Å². The fourth-order valence-corrected chi connectivity index (χ4v) is 3.52. The zero-order chi connectivity index (χ0) is 20.6. The number of hydrogen-bond acceptors (Lipinski definition) is 7. The van der Waals surface area contributed by atoms with E-state index in [2.05, 4.69) is 15.3 Å². The maximum Gasteiger partial charge on any atom is 0.282 e. The van der Waals surface area contributed by atoms with Gasteiger partial charge in [-0.05, 0) is 18.2 Å². The van der Waals surface area contributed by atoms with Crippen LogP contribution in [0.1, 0.15) is 16.1 Å². The first-order chi connectivity index (χ1) is 13.9. The summed E-state index contributed by atoms with van der Waals surface area (Å²) in [6.07, 6.45) is 1.23. The van der Waals surface area contributed by atoms with Crippen LogP contribution in [0, 0.1) is 17.6 Å². The van der Waals surface area contributed by atoms with Crippen molar-refractivity contribution in [1.29, 1.82) is 0 Å². The number of halogens is 2. The first-order valence-electron chi connectivity index (χ1n) is 8.80. The van der Waals surface area contributed by atoms with E-state index < -0.39 is 28.8 Å². The molecule has 152 valence electrons. The topological polar surface area (TPSA) is 108 Å². The summed E-state index contributed by atoms with van der Waals surface area (Å²) in [6.45, 7) is 0.713. The first kappa shape index (κ1) is 19.1. The molecule has 1 aromatic heterocycles. The largest absolute Gasteiger partial charge is 0.495 e. The van der Waals surface area contributed by atoms with Gasteiger partial charge in [0.1, 0.15) is 17.1 Å². The predicted molar refractivity (Wildman–Crippen MR) is 98.7 cm³/mol. The summed E-state index contributed by atoms with van der Waals surface area (Å²) < 4.78 is 44.5. The van der Waals surface area contributed by atoms with E-state index in [9.17, 15) is 13.6 Å². The van der Waals surface area contributed by atoms with Crippen molar-refractivity contribution in [3.8, 4) is 5.75 Å². The number of amidine groups is 1. The van der Waals surface area contributed by atoms with Crippen LogP contribution in [0.4, 0.5) is 14.5 Å². The number of anilines is 1. The van der Waals surface area contributed by atoms with Gasteiger partial charge in [-0.3, -0.25) is 4.79 Å². The second-order valence-electron chi connectivity index (χ2n) is 6.75. The summed E-state index contributed by atoms with van der Waals surface area (Å²) in [5.41, 5.74) is 4.73. The van der Waals surface area contributed by atoms with Crippen LogP contribution in [0.2, 0.25) is 0 Å². The molecule has 1 aromatic carbocycles. The van der Waals surface area contributed by atoms with Crippen molar-refractivity contribution in [3.63, 3.8) is 0 Å². The molecule has 1 saturated heterocycles. The lowest BCUT2D eigenvalue weighted by Crippen LogP contribution is -2.43. The van der Waals surface area contributed by atoms with E-state index in [1.54, 1.807) is 0 Å². The average Bonchev–Trinajstić information content (AvgIpc) is 3.13. The van der Waals surface area contributed by atoms with Gasteiger partial charge in [0.2, 0.25) is 0 Å². The SMILES string of the molecule is COc1cnc(C(=O)Nc2ccc(F)c([C@]34COCC3COC(N)=N4)c2)c(F)c1. The second kappa shape index (κ2) is 7.28. The summed E-state index contributed by atoms with van der Waals surface area (Å²) >= 11 is 0. The van der Waals surface area contributed by atoms with E-state index in [-0.39, 0.29) is 42.2 Å². The van der Waals surface area contributed by atoms with Crippen LogP contribution in [0.3, 0.4) is 0 Å². The van der Waals surface area contributed by atoms with Gasteiger partial charge in [0.15, 0.2) is 11.5 Å². The Morgan fingerprint density at radius 1 is 1.31 bits per heavy atom. The molecular weight excluding hydrogens is 386 g/mol. The van der Waals surface area contributed by atoms with Crippen LogP contribution < -0.4 is 15.8 Å². The van der Waals surface area contributed by atoms with Gasteiger partial charge in [0, 0.05) is 23.2 Å². The first-order valence-corrected chi connectivity index (χ1v) is 8.80. The third-order valence-corrected chi connectivity index (χ3v) is 5.02. The Bertz CT molecular complexity index is 1000. The molecule has 0 spiro atoms. The van der Waals surface area contributed by atoms with E-state index in [1.807, 2.05) is 0 Å². The Labute approximate surface area is 164 Å². The zero-order valence-corrected chi connectivity index (χ0v) is 15.4. The third kappa shape index (κ3) is 3.35. The second-order valence-corrected chi connectivity index (χ2v) is 6.75. The number of nitrogens with one attached hydrogen (secondary N) is 1. The number of aliphatic imine (C=N–C) groups is 1. The highest BCUT2D eigenvalue weighted by Gasteiger charge is 2.50. The Kier molecular flexibility index (Phi) is 4.79. The van der Waals surface area contributed by atoms with Crippen LogP contribution in [-0.2, 0) is 15.0 Å².